The van der Waals surface area contributed by atoms with Crippen LogP contribution < -0.4 is 0 Å². The third kappa shape index (κ3) is 3.79. The first-order valence-corrected chi connectivity index (χ1v) is 10.4. The van der Waals surface area contributed by atoms with E-state index in [1.165, 1.54) is 70.6 Å². The number of hydrogen-bond acceptors (Lipinski definition) is 2. The lowest BCUT2D eigenvalue weighted by Crippen LogP contribution is -2.46. The van der Waals surface area contributed by atoms with E-state index in [0.29, 0.717) is 11.5 Å². The summed E-state index contributed by atoms with van der Waals surface area (Å²) in [6.07, 6.45) is 17.6. The smallest absolute Gasteiger partial charge is 0.0571 e. The van der Waals surface area contributed by atoms with Gasteiger partial charge in [0, 0.05) is 7.11 Å². The van der Waals surface area contributed by atoms with E-state index < -0.39 is 0 Å². The molecule has 0 aromatic heterocycles. The molecule has 0 amide bonds. The maximum Gasteiger partial charge on any atom is 0.0571 e. The van der Waals surface area contributed by atoms with Crippen LogP contribution in [0.4, 0.5) is 0 Å². The molecule has 2 heteroatoms. The Balaban J connectivity index is 1.75. The fraction of sp³-hybridized carbons (Fsp3) is 1.00. The second kappa shape index (κ2) is 7.87. The van der Waals surface area contributed by atoms with Gasteiger partial charge in [-0.1, -0.05) is 26.2 Å². The van der Waals surface area contributed by atoms with Crippen LogP contribution in [0.2, 0.25) is 0 Å². The Hall–Kier alpha value is -0.0800. The fourth-order valence-electron chi connectivity index (χ4n) is 6.34. The summed E-state index contributed by atoms with van der Waals surface area (Å²) in [5, 5.41) is 9.96. The summed E-state index contributed by atoms with van der Waals surface area (Å²) in [5.41, 5.74) is 0.513. The van der Waals surface area contributed by atoms with Crippen molar-refractivity contribution >= 4 is 0 Å². The first-order valence-electron chi connectivity index (χ1n) is 10.4. The average molecular weight is 323 g/mol. The molecule has 3 aliphatic rings. The Bertz CT molecular complexity index is 347. The summed E-state index contributed by atoms with van der Waals surface area (Å²) in [4.78, 5) is 0. The molecule has 0 saturated heterocycles. The molecule has 0 spiro atoms. The second-order valence-electron chi connectivity index (χ2n) is 8.92. The molecule has 0 aromatic carbocycles. The molecule has 3 aliphatic carbocycles. The van der Waals surface area contributed by atoms with Gasteiger partial charge in [-0.3, -0.25) is 0 Å². The number of rotatable bonds is 4. The first kappa shape index (κ1) is 17.7. The van der Waals surface area contributed by atoms with Crippen LogP contribution in [0.3, 0.4) is 0 Å². The van der Waals surface area contributed by atoms with E-state index in [1.807, 2.05) is 7.11 Å². The van der Waals surface area contributed by atoms with Gasteiger partial charge in [-0.2, -0.15) is 0 Å². The maximum atomic E-state index is 9.96. The van der Waals surface area contributed by atoms with Crippen LogP contribution in [0.1, 0.15) is 90.4 Å². The highest BCUT2D eigenvalue weighted by Crippen LogP contribution is 2.56. The molecule has 134 valence electrons. The molecular weight excluding hydrogens is 284 g/mol. The zero-order valence-electron chi connectivity index (χ0n) is 15.4. The molecule has 0 heterocycles. The summed E-state index contributed by atoms with van der Waals surface area (Å²) in [5.74, 6) is 2.66. The molecule has 0 aromatic rings. The minimum atomic E-state index is -0.0221. The van der Waals surface area contributed by atoms with Gasteiger partial charge >= 0.3 is 0 Å². The second-order valence-corrected chi connectivity index (χ2v) is 8.92. The first-order chi connectivity index (χ1) is 11.1. The number of methoxy groups -OCH3 is 1. The molecule has 3 fully saturated rings. The predicted molar refractivity (Wildman–Crippen MR) is 95.4 cm³/mol. The van der Waals surface area contributed by atoms with Gasteiger partial charge in [0.15, 0.2) is 0 Å². The Kier molecular flexibility index (Phi) is 6.07. The highest BCUT2D eigenvalue weighted by Gasteiger charge is 2.48. The lowest BCUT2D eigenvalue weighted by atomic mass is 9.52. The minimum absolute atomic E-state index is 0.0221. The standard InChI is InChI=1S/C21H38O2/c1-21(16-6-4-3-5-7-16,17-8-12-19(22)13-9-17)18-10-14-20(23-2)15-11-18/h16-20,22H,3-15H2,1-2H3. The summed E-state index contributed by atoms with van der Waals surface area (Å²) >= 11 is 0. The normalized spacial score (nSPS) is 39.8. The van der Waals surface area contributed by atoms with Crippen LogP contribution in [0.15, 0.2) is 0 Å². The van der Waals surface area contributed by atoms with Crippen LogP contribution in [0.5, 0.6) is 0 Å². The van der Waals surface area contributed by atoms with Gasteiger partial charge in [-0.05, 0) is 87.4 Å². The molecule has 1 unspecified atom stereocenters. The average Bonchev–Trinajstić information content (AvgIpc) is 2.62. The van der Waals surface area contributed by atoms with Crippen LogP contribution in [-0.2, 0) is 4.74 Å². The van der Waals surface area contributed by atoms with Gasteiger partial charge in [-0.15, -0.1) is 0 Å². The summed E-state index contributed by atoms with van der Waals surface area (Å²) in [6.45, 7) is 2.66. The fourth-order valence-corrected chi connectivity index (χ4v) is 6.34. The number of aliphatic hydroxyl groups is 1. The maximum absolute atomic E-state index is 9.96. The number of ether oxygens (including phenoxy) is 1. The topological polar surface area (TPSA) is 29.5 Å². The van der Waals surface area contributed by atoms with Gasteiger partial charge in [0.2, 0.25) is 0 Å². The summed E-state index contributed by atoms with van der Waals surface area (Å²) < 4.78 is 5.62. The molecular formula is C21H38O2. The summed E-state index contributed by atoms with van der Waals surface area (Å²) in [6, 6.07) is 0. The Morgan fingerprint density at radius 3 is 1.70 bits per heavy atom. The van der Waals surface area contributed by atoms with Crippen molar-refractivity contribution in [1.82, 2.24) is 0 Å². The lowest BCUT2D eigenvalue weighted by Gasteiger charge is -2.53. The van der Waals surface area contributed by atoms with Crippen molar-refractivity contribution in [3.8, 4) is 0 Å². The van der Waals surface area contributed by atoms with Crippen LogP contribution >= 0.6 is 0 Å². The third-order valence-electron chi connectivity index (χ3n) is 7.95. The van der Waals surface area contributed by atoms with Gasteiger partial charge in [0.1, 0.15) is 0 Å². The Labute approximate surface area is 143 Å². The van der Waals surface area contributed by atoms with Gasteiger partial charge in [0.05, 0.1) is 12.2 Å². The third-order valence-corrected chi connectivity index (χ3v) is 7.95. The Morgan fingerprint density at radius 2 is 1.17 bits per heavy atom. The largest absolute Gasteiger partial charge is 0.393 e. The van der Waals surface area contributed by atoms with E-state index in [2.05, 4.69) is 6.92 Å². The van der Waals surface area contributed by atoms with Crippen LogP contribution in [0, 0.1) is 23.2 Å². The van der Waals surface area contributed by atoms with E-state index in [4.69, 9.17) is 4.74 Å². The molecule has 2 nitrogen and oxygen atoms in total. The molecule has 1 N–H and O–H groups in total. The van der Waals surface area contributed by atoms with E-state index in [0.717, 1.165) is 30.6 Å². The molecule has 0 radical (unpaired) electrons. The monoisotopic (exact) mass is 322 g/mol. The quantitative estimate of drug-likeness (QED) is 0.758. The zero-order chi connectivity index (χ0) is 16.3. The van der Waals surface area contributed by atoms with Crippen molar-refractivity contribution in [2.45, 2.75) is 103 Å². The number of aliphatic hydroxyl groups excluding tert-OH is 1. The number of hydrogen-bond donors (Lipinski definition) is 1. The van der Waals surface area contributed by atoms with Crippen molar-refractivity contribution < 1.29 is 9.84 Å². The van der Waals surface area contributed by atoms with Crippen LogP contribution in [0.25, 0.3) is 0 Å². The highest BCUT2D eigenvalue weighted by molar-refractivity contribution is 4.98. The molecule has 3 rings (SSSR count). The zero-order valence-corrected chi connectivity index (χ0v) is 15.4. The van der Waals surface area contributed by atoms with Crippen molar-refractivity contribution in [2.24, 2.45) is 23.2 Å². The highest BCUT2D eigenvalue weighted by atomic mass is 16.5. The molecule has 0 aliphatic heterocycles. The summed E-state index contributed by atoms with van der Waals surface area (Å²) in [7, 11) is 1.88. The van der Waals surface area contributed by atoms with E-state index in [1.54, 1.807) is 0 Å². The van der Waals surface area contributed by atoms with Crippen molar-refractivity contribution in [2.75, 3.05) is 7.11 Å². The SMILES string of the molecule is COC1CCC(C(C)(C2CCCCC2)C2CCC(O)CC2)CC1. The van der Waals surface area contributed by atoms with Gasteiger partial charge in [0.25, 0.3) is 0 Å². The predicted octanol–water partition coefficient (Wildman–Crippen LogP) is 5.33. The van der Waals surface area contributed by atoms with Crippen LogP contribution in [-0.4, -0.2) is 24.4 Å². The lowest BCUT2D eigenvalue weighted by molar-refractivity contribution is -0.0622. The van der Waals surface area contributed by atoms with Crippen molar-refractivity contribution in [3.05, 3.63) is 0 Å². The van der Waals surface area contributed by atoms with E-state index in [-0.39, 0.29) is 6.10 Å². The van der Waals surface area contributed by atoms with E-state index in [9.17, 15) is 5.11 Å². The van der Waals surface area contributed by atoms with Gasteiger partial charge < -0.3 is 9.84 Å². The molecule has 1 atom stereocenters. The van der Waals surface area contributed by atoms with Crippen molar-refractivity contribution in [3.63, 3.8) is 0 Å². The molecule has 0 bridgehead atoms. The minimum Gasteiger partial charge on any atom is -0.393 e. The molecule has 3 saturated carbocycles. The Morgan fingerprint density at radius 1 is 0.696 bits per heavy atom. The molecule has 23 heavy (non-hydrogen) atoms. The van der Waals surface area contributed by atoms with Gasteiger partial charge in [-0.25, -0.2) is 0 Å². The van der Waals surface area contributed by atoms with E-state index >= 15 is 0 Å². The van der Waals surface area contributed by atoms with Crippen molar-refractivity contribution in [1.29, 1.82) is 0 Å².